The maximum atomic E-state index is 5.95. The lowest BCUT2D eigenvalue weighted by Crippen LogP contribution is -1.98. The zero-order chi connectivity index (χ0) is 19.1. The highest BCUT2D eigenvalue weighted by molar-refractivity contribution is 9.10. The predicted octanol–water partition coefficient (Wildman–Crippen LogP) is 7.43. The third-order valence-electron chi connectivity index (χ3n) is 4.85. The lowest BCUT2D eigenvalue weighted by molar-refractivity contribution is 0.302. The van der Waals surface area contributed by atoms with E-state index in [1.54, 1.807) is 0 Å². The first-order valence-electron chi connectivity index (χ1n) is 10.1. The topological polar surface area (TPSA) is 37.9 Å². The molecule has 3 nitrogen and oxygen atoms in total. The molecule has 0 unspecified atom stereocenters. The van der Waals surface area contributed by atoms with Crippen molar-refractivity contribution >= 4 is 27.0 Å². The van der Waals surface area contributed by atoms with Crippen LogP contribution in [0.3, 0.4) is 0 Å². The Bertz CT molecular complexity index is 872. The second kappa shape index (κ2) is 9.93. The first-order valence-corrected chi connectivity index (χ1v) is 10.9. The van der Waals surface area contributed by atoms with Crippen molar-refractivity contribution < 1.29 is 4.74 Å². The number of nitrogens with zero attached hydrogens (tertiary/aromatic N) is 1. The molecule has 0 saturated carbocycles. The number of hydrogen-bond acceptors (Lipinski definition) is 2. The van der Waals surface area contributed by atoms with Crippen molar-refractivity contribution in [3.63, 3.8) is 0 Å². The van der Waals surface area contributed by atoms with Gasteiger partial charge in [-0.25, -0.2) is 4.98 Å². The molecule has 0 bridgehead atoms. The largest absolute Gasteiger partial charge is 0.492 e. The van der Waals surface area contributed by atoms with Gasteiger partial charge in [-0.3, -0.25) is 0 Å². The van der Waals surface area contributed by atoms with Gasteiger partial charge in [0.2, 0.25) is 0 Å². The highest BCUT2D eigenvalue weighted by atomic mass is 79.9. The molecule has 0 fully saturated rings. The van der Waals surface area contributed by atoms with Crippen LogP contribution in [0.25, 0.3) is 22.4 Å². The Balaban J connectivity index is 1.54. The maximum Gasteiger partial charge on any atom is 0.138 e. The first kappa shape index (κ1) is 19.9. The van der Waals surface area contributed by atoms with Crippen LogP contribution >= 0.6 is 15.9 Å². The summed E-state index contributed by atoms with van der Waals surface area (Å²) in [5, 5.41) is 0. The Hall–Kier alpha value is -1.81. The summed E-state index contributed by atoms with van der Waals surface area (Å²) in [7, 11) is 0. The summed E-state index contributed by atoms with van der Waals surface area (Å²) < 4.78 is 6.92. The molecule has 0 amide bonds. The van der Waals surface area contributed by atoms with Crippen LogP contribution in [0.15, 0.2) is 40.9 Å². The molecule has 1 N–H and O–H groups in total. The van der Waals surface area contributed by atoms with E-state index in [0.717, 1.165) is 45.7 Å². The minimum atomic E-state index is 0.773. The third kappa shape index (κ3) is 5.58. The number of fused-ring (bicyclic) bond motifs is 1. The number of unbranched alkanes of at least 4 members (excludes halogenated alkanes) is 6. The van der Waals surface area contributed by atoms with Gasteiger partial charge in [-0.15, -0.1) is 0 Å². The molecule has 4 heteroatoms. The van der Waals surface area contributed by atoms with Crippen LogP contribution in [0, 0.1) is 6.92 Å². The average molecular weight is 429 g/mol. The molecule has 0 aliphatic carbocycles. The molecule has 0 atom stereocenters. The monoisotopic (exact) mass is 428 g/mol. The fourth-order valence-electron chi connectivity index (χ4n) is 3.27. The van der Waals surface area contributed by atoms with Crippen molar-refractivity contribution in [2.24, 2.45) is 0 Å². The fourth-order valence-corrected chi connectivity index (χ4v) is 3.76. The van der Waals surface area contributed by atoms with Gasteiger partial charge in [0.15, 0.2) is 0 Å². The fraction of sp³-hybridized carbons (Fsp3) is 0.435. The van der Waals surface area contributed by atoms with E-state index in [-0.39, 0.29) is 0 Å². The van der Waals surface area contributed by atoms with E-state index >= 15 is 0 Å². The standard InChI is InChI=1S/C23H29BrN2O/c1-3-4-5-6-7-8-9-14-27-22-13-11-18(16-19(22)24)23-25-20-12-10-17(2)15-21(20)26-23/h10-13,15-16H,3-9,14H2,1-2H3,(H,25,26). The van der Waals surface area contributed by atoms with Crippen LogP contribution in [-0.4, -0.2) is 16.6 Å². The van der Waals surface area contributed by atoms with Crippen LogP contribution in [-0.2, 0) is 0 Å². The number of H-pyrrole nitrogens is 1. The Morgan fingerprint density at radius 1 is 0.963 bits per heavy atom. The number of hydrogen-bond donors (Lipinski definition) is 1. The second-order valence-corrected chi connectivity index (χ2v) is 8.08. The number of rotatable bonds is 10. The van der Waals surface area contributed by atoms with Gasteiger partial charge in [0.25, 0.3) is 0 Å². The highest BCUT2D eigenvalue weighted by Crippen LogP contribution is 2.31. The van der Waals surface area contributed by atoms with E-state index < -0.39 is 0 Å². The molecule has 0 aliphatic rings. The number of ether oxygens (including phenoxy) is 1. The van der Waals surface area contributed by atoms with Gasteiger partial charge in [0.1, 0.15) is 11.6 Å². The molecule has 27 heavy (non-hydrogen) atoms. The molecule has 144 valence electrons. The summed E-state index contributed by atoms with van der Waals surface area (Å²) in [6.07, 6.45) is 9.06. The first-order chi connectivity index (χ1) is 13.2. The number of benzene rings is 2. The van der Waals surface area contributed by atoms with Gasteiger partial charge < -0.3 is 9.72 Å². The third-order valence-corrected chi connectivity index (χ3v) is 5.47. The molecule has 0 aliphatic heterocycles. The van der Waals surface area contributed by atoms with Gasteiger partial charge >= 0.3 is 0 Å². The number of aromatic amines is 1. The molecule has 3 aromatic rings. The summed E-state index contributed by atoms with van der Waals surface area (Å²) >= 11 is 3.64. The summed E-state index contributed by atoms with van der Waals surface area (Å²) in [6, 6.07) is 12.4. The minimum Gasteiger partial charge on any atom is -0.492 e. The van der Waals surface area contributed by atoms with E-state index in [1.165, 1.54) is 44.1 Å². The normalized spacial score (nSPS) is 11.2. The zero-order valence-corrected chi connectivity index (χ0v) is 17.9. The maximum absolute atomic E-state index is 5.95. The van der Waals surface area contributed by atoms with Crippen LogP contribution < -0.4 is 4.74 Å². The van der Waals surface area contributed by atoms with E-state index in [9.17, 15) is 0 Å². The molecule has 1 aromatic heterocycles. The van der Waals surface area contributed by atoms with Crippen molar-refractivity contribution in [1.82, 2.24) is 9.97 Å². The summed E-state index contributed by atoms with van der Waals surface area (Å²) in [5.41, 5.74) is 4.35. The van der Waals surface area contributed by atoms with Crippen LogP contribution in [0.2, 0.25) is 0 Å². The Labute approximate surface area is 170 Å². The number of imidazole rings is 1. The van der Waals surface area contributed by atoms with E-state index in [1.807, 2.05) is 6.07 Å². The van der Waals surface area contributed by atoms with Crippen LogP contribution in [0.4, 0.5) is 0 Å². The van der Waals surface area contributed by atoms with Crippen LogP contribution in [0.5, 0.6) is 5.75 Å². The lowest BCUT2D eigenvalue weighted by atomic mass is 10.1. The van der Waals surface area contributed by atoms with Gasteiger partial charge in [-0.1, -0.05) is 51.5 Å². The summed E-state index contributed by atoms with van der Waals surface area (Å²) in [6.45, 7) is 5.12. The molecule has 0 radical (unpaired) electrons. The minimum absolute atomic E-state index is 0.773. The van der Waals surface area contributed by atoms with E-state index in [4.69, 9.17) is 9.72 Å². The van der Waals surface area contributed by atoms with Gasteiger partial charge in [-0.05, 0) is 65.2 Å². The Morgan fingerprint density at radius 2 is 1.74 bits per heavy atom. The van der Waals surface area contributed by atoms with Crippen molar-refractivity contribution in [3.8, 4) is 17.1 Å². The second-order valence-electron chi connectivity index (χ2n) is 7.22. The zero-order valence-electron chi connectivity index (χ0n) is 16.4. The molecule has 3 rings (SSSR count). The van der Waals surface area contributed by atoms with Gasteiger partial charge in [-0.2, -0.15) is 0 Å². The van der Waals surface area contributed by atoms with Crippen LogP contribution in [0.1, 0.15) is 57.4 Å². The lowest BCUT2D eigenvalue weighted by Gasteiger charge is -2.09. The molecule has 0 spiro atoms. The predicted molar refractivity (Wildman–Crippen MR) is 117 cm³/mol. The van der Waals surface area contributed by atoms with Crippen molar-refractivity contribution in [1.29, 1.82) is 0 Å². The van der Waals surface area contributed by atoms with Crippen molar-refractivity contribution in [2.75, 3.05) is 6.61 Å². The molecular weight excluding hydrogens is 400 g/mol. The molecular formula is C23H29BrN2O. The average Bonchev–Trinajstić information content (AvgIpc) is 3.08. The number of aryl methyl sites for hydroxylation is 1. The van der Waals surface area contributed by atoms with Crippen molar-refractivity contribution in [3.05, 3.63) is 46.4 Å². The Kier molecular flexibility index (Phi) is 7.33. The van der Waals surface area contributed by atoms with Gasteiger partial charge in [0.05, 0.1) is 22.1 Å². The van der Waals surface area contributed by atoms with E-state index in [2.05, 4.69) is 65.1 Å². The SMILES string of the molecule is CCCCCCCCCOc1ccc(-c2nc3ccc(C)cc3[nH]2)cc1Br. The quantitative estimate of drug-likeness (QED) is 0.340. The smallest absolute Gasteiger partial charge is 0.138 e. The molecule has 0 saturated heterocycles. The highest BCUT2D eigenvalue weighted by Gasteiger charge is 2.09. The molecule has 2 aromatic carbocycles. The summed E-state index contributed by atoms with van der Waals surface area (Å²) in [5.74, 6) is 1.78. The number of halogens is 1. The Morgan fingerprint density at radius 3 is 2.52 bits per heavy atom. The summed E-state index contributed by atoms with van der Waals surface area (Å²) in [4.78, 5) is 8.10. The van der Waals surface area contributed by atoms with Crippen molar-refractivity contribution in [2.45, 2.75) is 58.8 Å². The molecule has 1 heterocycles. The number of nitrogens with one attached hydrogen (secondary N) is 1. The number of aromatic nitrogens is 2. The van der Waals surface area contributed by atoms with Gasteiger partial charge in [0, 0.05) is 5.56 Å². The van der Waals surface area contributed by atoms with E-state index in [0.29, 0.717) is 0 Å².